The van der Waals surface area contributed by atoms with Crippen molar-refractivity contribution in [1.82, 2.24) is 0 Å². The second-order valence-corrected chi connectivity index (χ2v) is 5.30. The van der Waals surface area contributed by atoms with Crippen molar-refractivity contribution in [3.63, 3.8) is 0 Å². The van der Waals surface area contributed by atoms with Gasteiger partial charge in [0.15, 0.2) is 0 Å². The van der Waals surface area contributed by atoms with Gasteiger partial charge in [-0.25, -0.2) is 0 Å². The van der Waals surface area contributed by atoms with E-state index in [-0.39, 0.29) is 11.5 Å². The minimum Gasteiger partial charge on any atom is -0.508 e. The lowest BCUT2D eigenvalue weighted by Gasteiger charge is -2.02. The summed E-state index contributed by atoms with van der Waals surface area (Å²) in [6.45, 7) is 2.01. The van der Waals surface area contributed by atoms with Gasteiger partial charge in [-0.05, 0) is 60.0 Å². The molecule has 0 spiro atoms. The number of phenolic OH excluding ortho intramolecular Hbond substituents is 3. The quantitative estimate of drug-likeness (QED) is 0.579. The molecular formula is C21H20O3. The zero-order chi connectivity index (χ0) is 17.4. The summed E-state index contributed by atoms with van der Waals surface area (Å²) < 4.78 is 0. The van der Waals surface area contributed by atoms with E-state index in [9.17, 15) is 10.2 Å². The molecule has 3 aromatic carbocycles. The van der Waals surface area contributed by atoms with Gasteiger partial charge < -0.3 is 15.3 Å². The van der Waals surface area contributed by atoms with Gasteiger partial charge in [0.05, 0.1) is 0 Å². The Labute approximate surface area is 141 Å². The standard InChI is InChI=1S/C15H14O2.C6H6O/c1-11(13-4-8-15(17)9-5-13)10-12-2-6-14(16)7-3-12;7-6-4-2-1-3-5-6/h2-10,16-17H,1H3;1-5,7H/b11-10+;. The first-order valence-electron chi connectivity index (χ1n) is 7.55. The molecule has 122 valence electrons. The fraction of sp³-hybridized carbons (Fsp3) is 0.0476. The van der Waals surface area contributed by atoms with Crippen LogP contribution in [0.3, 0.4) is 0 Å². The van der Waals surface area contributed by atoms with E-state index in [4.69, 9.17) is 5.11 Å². The smallest absolute Gasteiger partial charge is 0.115 e. The molecule has 0 saturated heterocycles. The predicted octanol–water partition coefficient (Wildman–Crippen LogP) is 5.05. The first kappa shape index (κ1) is 17.2. The largest absolute Gasteiger partial charge is 0.508 e. The van der Waals surface area contributed by atoms with Gasteiger partial charge in [-0.2, -0.15) is 0 Å². The fourth-order valence-corrected chi connectivity index (χ4v) is 2.06. The van der Waals surface area contributed by atoms with Crippen LogP contribution in [0, 0.1) is 0 Å². The molecule has 0 aliphatic rings. The van der Waals surface area contributed by atoms with Gasteiger partial charge >= 0.3 is 0 Å². The zero-order valence-electron chi connectivity index (χ0n) is 13.4. The lowest BCUT2D eigenvalue weighted by atomic mass is 10.0. The Morgan fingerprint density at radius 1 is 0.625 bits per heavy atom. The zero-order valence-corrected chi connectivity index (χ0v) is 13.4. The molecule has 0 aromatic heterocycles. The summed E-state index contributed by atoms with van der Waals surface area (Å²) in [5.41, 5.74) is 3.21. The highest BCUT2D eigenvalue weighted by Crippen LogP contribution is 2.21. The van der Waals surface area contributed by atoms with Crippen LogP contribution in [-0.4, -0.2) is 15.3 Å². The highest BCUT2D eigenvalue weighted by atomic mass is 16.3. The van der Waals surface area contributed by atoms with Crippen molar-refractivity contribution >= 4 is 11.6 Å². The number of phenols is 3. The summed E-state index contributed by atoms with van der Waals surface area (Å²) in [5.74, 6) is 0.859. The molecule has 3 nitrogen and oxygen atoms in total. The Balaban J connectivity index is 0.000000249. The van der Waals surface area contributed by atoms with Crippen LogP contribution < -0.4 is 0 Å². The summed E-state index contributed by atoms with van der Waals surface area (Å²) >= 11 is 0. The minimum atomic E-state index is 0.268. The van der Waals surface area contributed by atoms with Gasteiger partial charge in [0, 0.05) is 0 Å². The molecule has 0 heterocycles. The molecule has 0 radical (unpaired) electrons. The molecule has 3 rings (SSSR count). The van der Waals surface area contributed by atoms with Gasteiger partial charge in [0.2, 0.25) is 0 Å². The van der Waals surface area contributed by atoms with E-state index >= 15 is 0 Å². The molecule has 0 atom stereocenters. The number of hydrogen-bond donors (Lipinski definition) is 3. The maximum atomic E-state index is 9.21. The van der Waals surface area contributed by atoms with Crippen molar-refractivity contribution < 1.29 is 15.3 Å². The molecule has 0 bridgehead atoms. The molecule has 24 heavy (non-hydrogen) atoms. The fourth-order valence-electron chi connectivity index (χ4n) is 2.06. The summed E-state index contributed by atoms with van der Waals surface area (Å²) in [6.07, 6.45) is 2.03. The summed E-state index contributed by atoms with van der Waals surface area (Å²) in [6, 6.07) is 22.9. The lowest BCUT2D eigenvalue weighted by Crippen LogP contribution is -1.79. The second kappa shape index (κ2) is 8.44. The summed E-state index contributed by atoms with van der Waals surface area (Å²) in [7, 11) is 0. The topological polar surface area (TPSA) is 60.7 Å². The van der Waals surface area contributed by atoms with E-state index < -0.39 is 0 Å². The number of hydrogen-bond acceptors (Lipinski definition) is 3. The summed E-state index contributed by atoms with van der Waals surface area (Å²) in [5, 5.41) is 27.0. The Bertz CT molecular complexity index is 774. The van der Waals surface area contributed by atoms with Crippen molar-refractivity contribution in [2.24, 2.45) is 0 Å². The number of rotatable bonds is 2. The van der Waals surface area contributed by atoms with Crippen LogP contribution in [0.25, 0.3) is 11.6 Å². The molecule has 3 heteroatoms. The molecule has 0 unspecified atom stereocenters. The van der Waals surface area contributed by atoms with E-state index in [1.807, 2.05) is 43.3 Å². The third-order valence-corrected chi connectivity index (χ3v) is 3.36. The molecule has 3 aromatic rings. The number of benzene rings is 3. The number of aromatic hydroxyl groups is 3. The highest BCUT2D eigenvalue weighted by molar-refractivity contribution is 5.80. The molecule has 3 N–H and O–H groups in total. The summed E-state index contributed by atoms with van der Waals surface area (Å²) in [4.78, 5) is 0. The third-order valence-electron chi connectivity index (χ3n) is 3.36. The van der Waals surface area contributed by atoms with Crippen molar-refractivity contribution in [3.05, 3.63) is 90.0 Å². The molecule has 0 aliphatic carbocycles. The highest BCUT2D eigenvalue weighted by Gasteiger charge is 1.97. The average molecular weight is 320 g/mol. The van der Waals surface area contributed by atoms with Crippen LogP contribution in [0.4, 0.5) is 0 Å². The van der Waals surface area contributed by atoms with Gasteiger partial charge in [-0.15, -0.1) is 0 Å². The minimum absolute atomic E-state index is 0.268. The van der Waals surface area contributed by atoms with E-state index in [0.717, 1.165) is 16.7 Å². The third kappa shape index (κ3) is 5.54. The van der Waals surface area contributed by atoms with E-state index in [0.29, 0.717) is 5.75 Å². The predicted molar refractivity (Wildman–Crippen MR) is 97.9 cm³/mol. The Kier molecular flexibility index (Phi) is 6.03. The van der Waals surface area contributed by atoms with Crippen LogP contribution in [0.15, 0.2) is 78.9 Å². The van der Waals surface area contributed by atoms with Gasteiger partial charge in [-0.3, -0.25) is 0 Å². The molecular weight excluding hydrogens is 300 g/mol. The Hall–Kier alpha value is -3.20. The SMILES string of the molecule is C/C(=C\c1ccc(O)cc1)c1ccc(O)cc1.Oc1ccccc1. The average Bonchev–Trinajstić information content (AvgIpc) is 2.59. The van der Waals surface area contributed by atoms with Crippen molar-refractivity contribution in [1.29, 1.82) is 0 Å². The molecule has 0 fully saturated rings. The second-order valence-electron chi connectivity index (χ2n) is 5.30. The van der Waals surface area contributed by atoms with E-state index in [2.05, 4.69) is 0 Å². The Morgan fingerprint density at radius 3 is 1.54 bits per heavy atom. The lowest BCUT2D eigenvalue weighted by molar-refractivity contribution is 0.474. The normalized spacial score (nSPS) is 10.6. The number of para-hydroxylation sites is 1. The van der Waals surface area contributed by atoms with Gasteiger partial charge in [-0.1, -0.05) is 48.5 Å². The maximum Gasteiger partial charge on any atom is 0.115 e. The number of allylic oxidation sites excluding steroid dienone is 1. The van der Waals surface area contributed by atoms with Gasteiger partial charge in [0.25, 0.3) is 0 Å². The van der Waals surface area contributed by atoms with Crippen LogP contribution in [0.5, 0.6) is 17.2 Å². The first-order chi connectivity index (χ1) is 11.5. The van der Waals surface area contributed by atoms with Crippen LogP contribution in [0.1, 0.15) is 18.1 Å². The van der Waals surface area contributed by atoms with Crippen LogP contribution in [-0.2, 0) is 0 Å². The van der Waals surface area contributed by atoms with Crippen LogP contribution in [0.2, 0.25) is 0 Å². The molecule has 0 saturated carbocycles. The monoisotopic (exact) mass is 320 g/mol. The first-order valence-corrected chi connectivity index (χ1v) is 7.55. The van der Waals surface area contributed by atoms with Crippen molar-refractivity contribution in [2.75, 3.05) is 0 Å². The van der Waals surface area contributed by atoms with Gasteiger partial charge in [0.1, 0.15) is 17.2 Å². The maximum absolute atomic E-state index is 9.21. The van der Waals surface area contributed by atoms with E-state index in [1.165, 1.54) is 0 Å². The van der Waals surface area contributed by atoms with Crippen molar-refractivity contribution in [3.8, 4) is 17.2 Å². The van der Waals surface area contributed by atoms with E-state index in [1.54, 1.807) is 48.5 Å². The molecule has 0 aliphatic heterocycles. The van der Waals surface area contributed by atoms with Crippen molar-refractivity contribution in [2.45, 2.75) is 6.92 Å². The Morgan fingerprint density at radius 2 is 1.08 bits per heavy atom. The van der Waals surface area contributed by atoms with Crippen LogP contribution >= 0.6 is 0 Å². The molecule has 0 amide bonds.